The number of piperidine rings is 1. The number of carboxylic acid groups (broad SMARTS) is 1. The first-order valence-electron chi connectivity index (χ1n) is 11.4. The molecule has 2 fully saturated rings. The summed E-state index contributed by atoms with van der Waals surface area (Å²) in [5.74, 6) is -0.230. The highest BCUT2D eigenvalue weighted by Gasteiger charge is 2.35. The van der Waals surface area contributed by atoms with Gasteiger partial charge in [-0.2, -0.15) is 0 Å². The molecule has 0 aliphatic carbocycles. The maximum atomic E-state index is 13.1. The first-order valence-corrected chi connectivity index (χ1v) is 11.4. The van der Waals surface area contributed by atoms with E-state index in [0.717, 1.165) is 31.4 Å². The Morgan fingerprint density at radius 2 is 2.22 bits per heavy atom. The second-order valence-corrected chi connectivity index (χ2v) is 8.48. The monoisotopic (exact) mass is 440 g/mol. The third-order valence-electron chi connectivity index (χ3n) is 6.36. The van der Waals surface area contributed by atoms with Crippen molar-refractivity contribution in [2.45, 2.75) is 44.3 Å². The average Bonchev–Trinajstić information content (AvgIpc) is 3.17. The first kappa shape index (κ1) is 22.1. The lowest BCUT2D eigenvalue weighted by atomic mass is 9.99. The maximum Gasteiger partial charge on any atom is 0.320 e. The molecule has 0 radical (unpaired) electrons. The van der Waals surface area contributed by atoms with Gasteiger partial charge < -0.3 is 25.5 Å². The van der Waals surface area contributed by atoms with Gasteiger partial charge in [-0.05, 0) is 55.5 Å². The fraction of sp³-hybridized carbons (Fsp3) is 0.522. The lowest BCUT2D eigenvalue weighted by Crippen LogP contribution is -2.47. The summed E-state index contributed by atoms with van der Waals surface area (Å²) in [6.07, 6.45) is 10.2. The molecular weight excluding hydrogens is 408 g/mol. The summed E-state index contributed by atoms with van der Waals surface area (Å²) in [7, 11) is 1.78. The number of hydrogen-bond acceptors (Lipinski definition) is 6. The Morgan fingerprint density at radius 3 is 2.97 bits per heavy atom. The van der Waals surface area contributed by atoms with Crippen molar-refractivity contribution in [3.05, 3.63) is 47.3 Å². The minimum atomic E-state index is -0.932. The van der Waals surface area contributed by atoms with E-state index in [1.54, 1.807) is 24.2 Å². The SMILES string of the molecule is CNc1ccc([C@@H](CC(=O)O)N2CCN(CCCC3=CC=C4CCCNC4N3)C2=O)cn1. The van der Waals surface area contributed by atoms with Gasteiger partial charge in [0.25, 0.3) is 0 Å². The number of nitrogens with one attached hydrogen (secondary N) is 3. The molecule has 172 valence electrons. The molecule has 4 rings (SSSR count). The van der Waals surface area contributed by atoms with E-state index in [0.29, 0.717) is 25.5 Å². The number of fused-ring (bicyclic) bond motifs is 1. The van der Waals surface area contributed by atoms with E-state index in [1.807, 2.05) is 11.0 Å². The highest BCUT2D eigenvalue weighted by Crippen LogP contribution is 2.29. The predicted octanol–water partition coefficient (Wildman–Crippen LogP) is 2.28. The second kappa shape index (κ2) is 10.0. The number of nitrogens with zero attached hydrogens (tertiary/aromatic N) is 3. The van der Waals surface area contributed by atoms with E-state index in [9.17, 15) is 14.7 Å². The minimum Gasteiger partial charge on any atom is -0.481 e. The standard InChI is InChI=1S/C23H32N6O3/c1-24-20-9-7-17(15-26-20)19(14-21(30)31)29-13-12-28(23(29)32)11-3-5-18-8-6-16-4-2-10-25-22(16)27-18/h6-9,15,19,22,25,27H,2-5,10-14H2,1H3,(H,24,26)(H,30,31)/t19-,22?/m1/s1. The predicted molar refractivity (Wildman–Crippen MR) is 122 cm³/mol. The molecule has 4 N–H and O–H groups in total. The van der Waals surface area contributed by atoms with Crippen LogP contribution >= 0.6 is 0 Å². The van der Waals surface area contributed by atoms with E-state index in [4.69, 9.17) is 0 Å². The van der Waals surface area contributed by atoms with Crippen LogP contribution in [0.2, 0.25) is 0 Å². The molecule has 4 heterocycles. The number of anilines is 1. The van der Waals surface area contributed by atoms with Gasteiger partial charge in [0.2, 0.25) is 0 Å². The quantitative estimate of drug-likeness (QED) is 0.466. The maximum absolute atomic E-state index is 13.1. The number of dihydropyridines is 1. The van der Waals surface area contributed by atoms with Crippen LogP contribution in [0, 0.1) is 0 Å². The summed E-state index contributed by atoms with van der Waals surface area (Å²) in [4.78, 5) is 32.4. The van der Waals surface area contributed by atoms with E-state index in [-0.39, 0.29) is 18.6 Å². The zero-order valence-electron chi connectivity index (χ0n) is 18.5. The lowest BCUT2D eigenvalue weighted by molar-refractivity contribution is -0.138. The highest BCUT2D eigenvalue weighted by atomic mass is 16.4. The number of allylic oxidation sites excluding steroid dienone is 3. The normalized spacial score (nSPS) is 21.4. The van der Waals surface area contributed by atoms with Crippen molar-refractivity contribution in [1.82, 2.24) is 25.4 Å². The molecule has 32 heavy (non-hydrogen) atoms. The van der Waals surface area contributed by atoms with Gasteiger partial charge in [0.05, 0.1) is 18.6 Å². The van der Waals surface area contributed by atoms with Gasteiger partial charge in [-0.3, -0.25) is 10.1 Å². The zero-order valence-corrected chi connectivity index (χ0v) is 18.5. The van der Waals surface area contributed by atoms with Gasteiger partial charge in [-0.15, -0.1) is 0 Å². The molecule has 2 saturated heterocycles. The van der Waals surface area contributed by atoms with Gasteiger partial charge in [-0.25, -0.2) is 9.78 Å². The summed E-state index contributed by atoms with van der Waals surface area (Å²) in [6.45, 7) is 2.81. The Bertz CT molecular complexity index is 897. The molecule has 2 amide bonds. The Kier molecular flexibility index (Phi) is 6.94. The van der Waals surface area contributed by atoms with Gasteiger partial charge in [-0.1, -0.05) is 12.1 Å². The number of pyridine rings is 1. The summed E-state index contributed by atoms with van der Waals surface area (Å²) < 4.78 is 0. The zero-order chi connectivity index (χ0) is 22.5. The van der Waals surface area contributed by atoms with Crippen molar-refractivity contribution in [3.63, 3.8) is 0 Å². The van der Waals surface area contributed by atoms with E-state index >= 15 is 0 Å². The van der Waals surface area contributed by atoms with Crippen LogP contribution in [0.4, 0.5) is 10.6 Å². The van der Waals surface area contributed by atoms with Crippen LogP contribution < -0.4 is 16.0 Å². The van der Waals surface area contributed by atoms with Crippen molar-refractivity contribution in [3.8, 4) is 0 Å². The minimum absolute atomic E-state index is 0.101. The Morgan fingerprint density at radius 1 is 1.34 bits per heavy atom. The van der Waals surface area contributed by atoms with Crippen LogP contribution in [0.3, 0.4) is 0 Å². The fourth-order valence-electron chi connectivity index (χ4n) is 4.62. The number of hydrogen-bond donors (Lipinski definition) is 4. The molecule has 3 aliphatic rings. The topological polar surface area (TPSA) is 110 Å². The number of carbonyl (C=O) groups is 2. The van der Waals surface area contributed by atoms with Crippen LogP contribution in [-0.2, 0) is 4.79 Å². The fourth-order valence-corrected chi connectivity index (χ4v) is 4.62. The largest absolute Gasteiger partial charge is 0.481 e. The number of carbonyl (C=O) groups excluding carboxylic acids is 1. The number of rotatable bonds is 9. The number of aliphatic carboxylic acids is 1. The average molecular weight is 441 g/mol. The van der Waals surface area contributed by atoms with E-state index in [1.165, 1.54) is 17.7 Å². The molecule has 1 aromatic heterocycles. The molecule has 2 atom stereocenters. The Hall–Kier alpha value is -3.07. The van der Waals surface area contributed by atoms with Gasteiger partial charge >= 0.3 is 12.0 Å². The van der Waals surface area contributed by atoms with Gasteiger partial charge in [0, 0.05) is 38.6 Å². The molecule has 0 aromatic carbocycles. The van der Waals surface area contributed by atoms with Crippen molar-refractivity contribution < 1.29 is 14.7 Å². The number of carboxylic acids is 1. The van der Waals surface area contributed by atoms with Crippen LogP contribution in [0.5, 0.6) is 0 Å². The van der Waals surface area contributed by atoms with Crippen molar-refractivity contribution in [2.24, 2.45) is 0 Å². The molecule has 0 bridgehead atoms. The van der Waals surface area contributed by atoms with Crippen molar-refractivity contribution in [1.29, 1.82) is 0 Å². The highest BCUT2D eigenvalue weighted by molar-refractivity contribution is 5.78. The number of aromatic nitrogens is 1. The Labute approximate surface area is 188 Å². The molecular formula is C23H32N6O3. The van der Waals surface area contributed by atoms with E-state index in [2.05, 4.69) is 33.1 Å². The molecule has 0 spiro atoms. The summed E-state index contributed by atoms with van der Waals surface area (Å²) in [5.41, 5.74) is 3.34. The second-order valence-electron chi connectivity index (χ2n) is 8.48. The summed E-state index contributed by atoms with van der Waals surface area (Å²) in [6, 6.07) is 3.02. The molecule has 9 heteroatoms. The summed E-state index contributed by atoms with van der Waals surface area (Å²) in [5, 5.41) is 19.4. The van der Waals surface area contributed by atoms with Crippen LogP contribution in [0.1, 0.15) is 43.7 Å². The number of amides is 2. The molecule has 9 nitrogen and oxygen atoms in total. The first-order chi connectivity index (χ1) is 15.5. The van der Waals surface area contributed by atoms with Crippen LogP contribution in [-0.4, -0.2) is 71.3 Å². The third kappa shape index (κ3) is 5.04. The van der Waals surface area contributed by atoms with Crippen LogP contribution in [0.15, 0.2) is 41.8 Å². The molecule has 0 saturated carbocycles. The van der Waals surface area contributed by atoms with Gasteiger partial charge in [0.15, 0.2) is 0 Å². The lowest BCUT2D eigenvalue weighted by Gasteiger charge is -2.32. The third-order valence-corrected chi connectivity index (χ3v) is 6.36. The Balaban J connectivity index is 1.34. The smallest absolute Gasteiger partial charge is 0.320 e. The van der Waals surface area contributed by atoms with Gasteiger partial charge in [0.1, 0.15) is 5.82 Å². The van der Waals surface area contributed by atoms with Crippen molar-refractivity contribution >= 4 is 17.8 Å². The summed E-state index contributed by atoms with van der Waals surface area (Å²) >= 11 is 0. The number of urea groups is 1. The molecule has 1 aromatic rings. The van der Waals surface area contributed by atoms with Crippen molar-refractivity contribution in [2.75, 3.05) is 38.5 Å². The van der Waals surface area contributed by atoms with E-state index < -0.39 is 12.0 Å². The molecule has 1 unspecified atom stereocenters. The molecule has 3 aliphatic heterocycles. The van der Waals surface area contributed by atoms with Crippen LogP contribution in [0.25, 0.3) is 0 Å².